The molecule has 1 N–H and O–H groups in total. The summed E-state index contributed by atoms with van der Waals surface area (Å²) < 4.78 is 0. The Morgan fingerprint density at radius 2 is 1.68 bits per heavy atom. The van der Waals surface area contributed by atoms with E-state index in [1.54, 1.807) is 0 Å². The zero-order chi connectivity index (χ0) is 13.7. The van der Waals surface area contributed by atoms with Crippen LogP contribution in [0.5, 0.6) is 0 Å². The second kappa shape index (κ2) is 6.72. The molecule has 2 rings (SSSR count). The Morgan fingerprint density at radius 1 is 0.947 bits per heavy atom. The van der Waals surface area contributed by atoms with E-state index < -0.39 is 0 Å². The summed E-state index contributed by atoms with van der Waals surface area (Å²) in [7, 11) is 2.07. The number of nitrogens with one attached hydrogen (secondary N) is 1. The third-order valence-electron chi connectivity index (χ3n) is 3.82. The van der Waals surface area contributed by atoms with Crippen LogP contribution in [0.15, 0.2) is 42.5 Å². The van der Waals surface area contributed by atoms with Gasteiger partial charge in [0.1, 0.15) is 0 Å². The number of fused-ring (bicyclic) bond motifs is 1. The van der Waals surface area contributed by atoms with Gasteiger partial charge in [-0.15, -0.1) is 0 Å². The Bertz CT molecular complexity index is 511. The average molecular weight is 255 g/mol. The molecule has 0 saturated heterocycles. The molecule has 1 heteroatoms. The van der Waals surface area contributed by atoms with Crippen LogP contribution in [-0.2, 0) is 0 Å². The van der Waals surface area contributed by atoms with Crippen LogP contribution in [0.4, 0.5) is 0 Å². The van der Waals surface area contributed by atoms with Crippen molar-refractivity contribution in [3.63, 3.8) is 0 Å². The van der Waals surface area contributed by atoms with Gasteiger partial charge in [-0.3, -0.25) is 0 Å². The lowest BCUT2D eigenvalue weighted by Gasteiger charge is -2.19. The molecule has 0 fully saturated rings. The van der Waals surface area contributed by atoms with Crippen molar-refractivity contribution in [2.24, 2.45) is 5.92 Å². The Labute approximate surface area is 117 Å². The molecular weight excluding hydrogens is 230 g/mol. The van der Waals surface area contributed by atoms with Crippen molar-refractivity contribution in [2.75, 3.05) is 7.05 Å². The van der Waals surface area contributed by atoms with Crippen LogP contribution in [0.25, 0.3) is 10.8 Å². The van der Waals surface area contributed by atoms with Crippen molar-refractivity contribution in [1.82, 2.24) is 5.32 Å². The molecule has 0 aromatic heterocycles. The first-order chi connectivity index (χ1) is 9.22. The van der Waals surface area contributed by atoms with Gasteiger partial charge in [-0.25, -0.2) is 0 Å². The smallest absolute Gasteiger partial charge is 0.0323 e. The third-order valence-corrected chi connectivity index (χ3v) is 3.82. The van der Waals surface area contributed by atoms with Crippen LogP contribution in [0.3, 0.4) is 0 Å². The summed E-state index contributed by atoms with van der Waals surface area (Å²) in [6.45, 7) is 4.60. The van der Waals surface area contributed by atoms with Gasteiger partial charge in [-0.2, -0.15) is 0 Å². The van der Waals surface area contributed by atoms with E-state index in [0.717, 1.165) is 5.92 Å². The van der Waals surface area contributed by atoms with Crippen molar-refractivity contribution in [1.29, 1.82) is 0 Å². The third kappa shape index (κ3) is 3.57. The number of hydrogen-bond acceptors (Lipinski definition) is 1. The first-order valence-corrected chi connectivity index (χ1v) is 7.37. The van der Waals surface area contributed by atoms with E-state index in [2.05, 4.69) is 68.7 Å². The SMILES string of the molecule is CNC(CCCC(C)C)c1cccc2ccccc12. The summed E-state index contributed by atoms with van der Waals surface area (Å²) in [5.41, 5.74) is 1.43. The van der Waals surface area contributed by atoms with Crippen molar-refractivity contribution in [2.45, 2.75) is 39.2 Å². The highest BCUT2D eigenvalue weighted by Crippen LogP contribution is 2.27. The Kier molecular flexibility index (Phi) is 4.98. The summed E-state index contributed by atoms with van der Waals surface area (Å²) in [5, 5.41) is 6.20. The van der Waals surface area contributed by atoms with E-state index in [1.807, 2.05) is 0 Å². The summed E-state index contributed by atoms with van der Waals surface area (Å²) in [5.74, 6) is 0.796. The van der Waals surface area contributed by atoms with Gasteiger partial charge in [0.05, 0.1) is 0 Å². The molecule has 1 unspecified atom stereocenters. The van der Waals surface area contributed by atoms with Crippen LogP contribution in [-0.4, -0.2) is 7.05 Å². The highest BCUT2D eigenvalue weighted by Gasteiger charge is 2.12. The molecule has 0 spiro atoms. The molecule has 1 nitrogen and oxygen atoms in total. The Balaban J connectivity index is 2.20. The monoisotopic (exact) mass is 255 g/mol. The molecule has 0 saturated carbocycles. The maximum Gasteiger partial charge on any atom is 0.0323 e. The van der Waals surface area contributed by atoms with Gasteiger partial charge in [-0.05, 0) is 35.7 Å². The quantitative estimate of drug-likeness (QED) is 0.772. The number of benzene rings is 2. The molecule has 0 aliphatic heterocycles. The minimum Gasteiger partial charge on any atom is -0.313 e. The van der Waals surface area contributed by atoms with Gasteiger partial charge in [0, 0.05) is 6.04 Å². The second-order valence-corrected chi connectivity index (χ2v) is 5.73. The highest BCUT2D eigenvalue weighted by molar-refractivity contribution is 5.86. The molecule has 1 atom stereocenters. The fourth-order valence-electron chi connectivity index (χ4n) is 2.74. The molecule has 19 heavy (non-hydrogen) atoms. The highest BCUT2D eigenvalue weighted by atomic mass is 14.9. The zero-order valence-electron chi connectivity index (χ0n) is 12.3. The van der Waals surface area contributed by atoms with Crippen molar-refractivity contribution in [3.05, 3.63) is 48.0 Å². The Morgan fingerprint density at radius 3 is 2.42 bits per heavy atom. The van der Waals surface area contributed by atoms with E-state index in [1.165, 1.54) is 35.6 Å². The van der Waals surface area contributed by atoms with E-state index in [4.69, 9.17) is 0 Å². The zero-order valence-corrected chi connectivity index (χ0v) is 12.3. The molecule has 2 aromatic carbocycles. The summed E-state index contributed by atoms with van der Waals surface area (Å²) in [6, 6.07) is 15.8. The molecule has 0 bridgehead atoms. The van der Waals surface area contributed by atoms with Crippen LogP contribution < -0.4 is 5.32 Å². The maximum absolute atomic E-state index is 3.48. The van der Waals surface area contributed by atoms with Gasteiger partial charge in [0.15, 0.2) is 0 Å². The van der Waals surface area contributed by atoms with E-state index in [9.17, 15) is 0 Å². The minimum absolute atomic E-state index is 0.463. The molecule has 0 aliphatic carbocycles. The molecule has 2 aromatic rings. The lowest BCUT2D eigenvalue weighted by atomic mass is 9.94. The van der Waals surface area contributed by atoms with E-state index in [0.29, 0.717) is 6.04 Å². The lowest BCUT2D eigenvalue weighted by Crippen LogP contribution is -2.16. The second-order valence-electron chi connectivity index (χ2n) is 5.73. The van der Waals surface area contributed by atoms with Gasteiger partial charge in [0.2, 0.25) is 0 Å². The average Bonchev–Trinajstić information content (AvgIpc) is 2.43. The molecule has 0 aliphatic rings. The van der Waals surface area contributed by atoms with Gasteiger partial charge in [0.25, 0.3) is 0 Å². The summed E-state index contributed by atoms with van der Waals surface area (Å²) in [4.78, 5) is 0. The minimum atomic E-state index is 0.463. The molecule has 0 heterocycles. The maximum atomic E-state index is 3.48. The van der Waals surface area contributed by atoms with E-state index in [-0.39, 0.29) is 0 Å². The first-order valence-electron chi connectivity index (χ1n) is 7.37. The predicted molar refractivity (Wildman–Crippen MR) is 84.4 cm³/mol. The fraction of sp³-hybridized carbons (Fsp3) is 0.444. The summed E-state index contributed by atoms with van der Waals surface area (Å²) in [6.07, 6.45) is 3.80. The summed E-state index contributed by atoms with van der Waals surface area (Å²) >= 11 is 0. The van der Waals surface area contributed by atoms with Crippen molar-refractivity contribution < 1.29 is 0 Å². The van der Waals surface area contributed by atoms with Crippen molar-refractivity contribution >= 4 is 10.8 Å². The lowest BCUT2D eigenvalue weighted by molar-refractivity contribution is 0.472. The standard InChI is InChI=1S/C18H25N/c1-14(2)8-6-13-18(19-3)17-12-7-10-15-9-4-5-11-16(15)17/h4-5,7,9-12,14,18-19H,6,8,13H2,1-3H3. The van der Waals surface area contributed by atoms with E-state index >= 15 is 0 Å². The topological polar surface area (TPSA) is 12.0 Å². The predicted octanol–water partition coefficient (Wildman–Crippen LogP) is 4.93. The van der Waals surface area contributed by atoms with Gasteiger partial charge in [-0.1, -0.05) is 69.2 Å². The normalized spacial score (nSPS) is 13.1. The van der Waals surface area contributed by atoms with Gasteiger partial charge >= 0.3 is 0 Å². The van der Waals surface area contributed by atoms with Crippen LogP contribution in [0.2, 0.25) is 0 Å². The van der Waals surface area contributed by atoms with Crippen LogP contribution in [0.1, 0.15) is 44.7 Å². The largest absolute Gasteiger partial charge is 0.313 e. The molecular formula is C18H25N. The van der Waals surface area contributed by atoms with Crippen molar-refractivity contribution in [3.8, 4) is 0 Å². The fourth-order valence-corrected chi connectivity index (χ4v) is 2.74. The first kappa shape index (κ1) is 14.1. The van der Waals surface area contributed by atoms with Crippen LogP contribution >= 0.6 is 0 Å². The molecule has 0 radical (unpaired) electrons. The van der Waals surface area contributed by atoms with Gasteiger partial charge < -0.3 is 5.32 Å². The number of hydrogen-bond donors (Lipinski definition) is 1. The van der Waals surface area contributed by atoms with Crippen LogP contribution in [0, 0.1) is 5.92 Å². The molecule has 102 valence electrons. The molecule has 0 amide bonds. The Hall–Kier alpha value is -1.34. The number of rotatable bonds is 6.